The van der Waals surface area contributed by atoms with Crippen LogP contribution < -0.4 is 10.3 Å². The number of pyridine rings is 1. The third kappa shape index (κ3) is 3.28. The Kier molecular flexibility index (Phi) is 4.88. The lowest BCUT2D eigenvalue weighted by atomic mass is 10.1. The van der Waals surface area contributed by atoms with Crippen LogP contribution in [0.2, 0.25) is 0 Å². The maximum Gasteiger partial charge on any atom is 0.297 e. The monoisotopic (exact) mass is 320 g/mol. The average Bonchev–Trinajstić information content (AvgIpc) is 2.52. The van der Waals surface area contributed by atoms with Crippen LogP contribution in [-0.4, -0.2) is 21.2 Å². The maximum atomic E-state index is 12.4. The summed E-state index contributed by atoms with van der Waals surface area (Å²) in [5.41, 5.74) is -0.369. The van der Waals surface area contributed by atoms with Gasteiger partial charge in [-0.2, -0.15) is 0 Å². The Hall–Kier alpha value is -2.57. The number of nitro benzene ring substituents is 1. The Morgan fingerprint density at radius 1 is 1.43 bits per heavy atom. The summed E-state index contributed by atoms with van der Waals surface area (Å²) >= 11 is 0. The smallest absolute Gasteiger partial charge is 0.297 e. The minimum Gasteiger partial charge on any atom is -0.504 e. The number of fused-ring (bicyclic) bond motifs is 1. The number of aromatic nitrogens is 1. The summed E-state index contributed by atoms with van der Waals surface area (Å²) in [6.07, 6.45) is 1.97. The van der Waals surface area contributed by atoms with Crippen LogP contribution in [0.25, 0.3) is 10.9 Å². The van der Waals surface area contributed by atoms with Gasteiger partial charge in [-0.25, -0.2) is 0 Å². The number of nitro groups is 1. The number of rotatable bonds is 6. The van der Waals surface area contributed by atoms with Crippen LogP contribution in [0.5, 0.6) is 11.5 Å². The first-order valence-electron chi connectivity index (χ1n) is 7.49. The van der Waals surface area contributed by atoms with Gasteiger partial charge in [-0.3, -0.25) is 14.9 Å². The van der Waals surface area contributed by atoms with Crippen LogP contribution in [0.1, 0.15) is 26.7 Å². The Morgan fingerprint density at radius 2 is 2.13 bits per heavy atom. The number of ether oxygens (including phenoxy) is 1. The van der Waals surface area contributed by atoms with Crippen molar-refractivity contribution in [3.63, 3.8) is 0 Å². The van der Waals surface area contributed by atoms with Crippen molar-refractivity contribution in [1.82, 2.24) is 4.57 Å². The second-order valence-corrected chi connectivity index (χ2v) is 5.71. The molecule has 0 spiro atoms. The molecule has 0 bridgehead atoms. The molecule has 0 saturated carbocycles. The summed E-state index contributed by atoms with van der Waals surface area (Å²) in [5, 5.41) is 21.5. The molecule has 2 aromatic rings. The largest absolute Gasteiger partial charge is 0.504 e. The van der Waals surface area contributed by atoms with Crippen molar-refractivity contribution < 1.29 is 14.8 Å². The van der Waals surface area contributed by atoms with Crippen LogP contribution in [0.4, 0.5) is 5.69 Å². The van der Waals surface area contributed by atoms with E-state index in [1.807, 2.05) is 6.92 Å². The lowest BCUT2D eigenvalue weighted by Gasteiger charge is -2.15. The second-order valence-electron chi connectivity index (χ2n) is 5.71. The number of nitrogens with zero attached hydrogens (tertiary/aromatic N) is 2. The number of hydrogen-bond donors (Lipinski definition) is 1. The normalized spacial score (nSPS) is 12.3. The first-order valence-corrected chi connectivity index (χ1v) is 7.49. The molecule has 0 fully saturated rings. The maximum absolute atomic E-state index is 12.4. The van der Waals surface area contributed by atoms with E-state index in [0.29, 0.717) is 12.0 Å². The van der Waals surface area contributed by atoms with Gasteiger partial charge in [-0.1, -0.05) is 20.3 Å². The fraction of sp³-hybridized carbons (Fsp3) is 0.438. The Morgan fingerprint density at radius 3 is 2.74 bits per heavy atom. The molecule has 1 aromatic heterocycles. The number of hydrogen-bond acceptors (Lipinski definition) is 5. The summed E-state index contributed by atoms with van der Waals surface area (Å²) in [5.74, 6) is -0.129. The third-order valence-corrected chi connectivity index (χ3v) is 3.82. The van der Waals surface area contributed by atoms with Crippen molar-refractivity contribution in [2.24, 2.45) is 13.0 Å². The standard InChI is InChI=1S/C16H20N2O5/c1-4-5-10(2)9-23-15-14(19)12-7-6-11(18(21)22)8-13(12)17(3)16(15)20/h6-8,10,19H,4-5,9H2,1-3H3. The molecule has 7 nitrogen and oxygen atoms in total. The molecule has 1 N–H and O–H groups in total. The van der Waals surface area contributed by atoms with Crippen molar-refractivity contribution >= 4 is 16.6 Å². The van der Waals surface area contributed by atoms with Crippen LogP contribution in [0.3, 0.4) is 0 Å². The molecule has 1 atom stereocenters. The van der Waals surface area contributed by atoms with Gasteiger partial charge < -0.3 is 14.4 Å². The van der Waals surface area contributed by atoms with Gasteiger partial charge in [-0.05, 0) is 18.4 Å². The van der Waals surface area contributed by atoms with Gasteiger partial charge in [0.15, 0.2) is 5.75 Å². The molecule has 0 aliphatic rings. The molecule has 1 aromatic carbocycles. The molecule has 2 rings (SSSR count). The van der Waals surface area contributed by atoms with E-state index in [2.05, 4.69) is 6.92 Å². The molecule has 0 amide bonds. The number of non-ortho nitro benzene ring substituents is 1. The van der Waals surface area contributed by atoms with Crippen LogP contribution >= 0.6 is 0 Å². The topological polar surface area (TPSA) is 94.6 Å². The number of aromatic hydroxyl groups is 1. The first-order chi connectivity index (χ1) is 10.9. The highest BCUT2D eigenvalue weighted by atomic mass is 16.6. The summed E-state index contributed by atoms with van der Waals surface area (Å²) < 4.78 is 6.78. The molecule has 1 unspecified atom stereocenters. The quantitative estimate of drug-likeness (QED) is 0.652. The molecule has 0 radical (unpaired) electrons. The van der Waals surface area contributed by atoms with Gasteiger partial charge in [0.25, 0.3) is 11.2 Å². The van der Waals surface area contributed by atoms with E-state index in [4.69, 9.17) is 4.74 Å². The van der Waals surface area contributed by atoms with Gasteiger partial charge >= 0.3 is 0 Å². The molecular weight excluding hydrogens is 300 g/mol. The van der Waals surface area contributed by atoms with E-state index in [0.717, 1.165) is 12.8 Å². The van der Waals surface area contributed by atoms with Crippen LogP contribution in [0.15, 0.2) is 23.0 Å². The van der Waals surface area contributed by atoms with Gasteiger partial charge in [-0.15, -0.1) is 0 Å². The zero-order valence-electron chi connectivity index (χ0n) is 13.4. The third-order valence-electron chi connectivity index (χ3n) is 3.82. The minimum atomic E-state index is -0.544. The van der Waals surface area contributed by atoms with Gasteiger partial charge in [0.2, 0.25) is 5.75 Å². The van der Waals surface area contributed by atoms with Gasteiger partial charge in [0.05, 0.1) is 17.0 Å². The van der Waals surface area contributed by atoms with Gasteiger partial charge in [0.1, 0.15) is 0 Å². The predicted molar refractivity (Wildman–Crippen MR) is 87.1 cm³/mol. The van der Waals surface area contributed by atoms with E-state index in [-0.39, 0.29) is 28.6 Å². The highest BCUT2D eigenvalue weighted by Gasteiger charge is 2.19. The van der Waals surface area contributed by atoms with E-state index in [1.165, 1.54) is 29.8 Å². The highest BCUT2D eigenvalue weighted by Crippen LogP contribution is 2.33. The Labute approximate surface area is 133 Å². The first kappa shape index (κ1) is 16.8. The zero-order valence-corrected chi connectivity index (χ0v) is 13.4. The van der Waals surface area contributed by atoms with Crippen molar-refractivity contribution in [2.45, 2.75) is 26.7 Å². The second kappa shape index (κ2) is 6.68. The minimum absolute atomic E-state index is 0.114. The van der Waals surface area contributed by atoms with Crippen molar-refractivity contribution in [1.29, 1.82) is 0 Å². The predicted octanol–water partition coefficient (Wildman–Crippen LogP) is 2.97. The van der Waals surface area contributed by atoms with Crippen LogP contribution in [0, 0.1) is 16.0 Å². The summed E-state index contributed by atoms with van der Waals surface area (Å²) in [4.78, 5) is 22.7. The molecule has 23 heavy (non-hydrogen) atoms. The van der Waals surface area contributed by atoms with Crippen molar-refractivity contribution in [3.05, 3.63) is 38.7 Å². The molecule has 0 aliphatic carbocycles. The zero-order chi connectivity index (χ0) is 17.1. The number of benzene rings is 1. The molecule has 124 valence electrons. The lowest BCUT2D eigenvalue weighted by molar-refractivity contribution is -0.384. The summed E-state index contributed by atoms with van der Waals surface area (Å²) in [6, 6.07) is 3.97. The van der Waals surface area contributed by atoms with E-state index in [9.17, 15) is 20.0 Å². The van der Waals surface area contributed by atoms with E-state index < -0.39 is 10.5 Å². The summed E-state index contributed by atoms with van der Waals surface area (Å²) in [6.45, 7) is 4.40. The fourth-order valence-corrected chi connectivity index (χ4v) is 2.53. The molecule has 1 heterocycles. The lowest BCUT2D eigenvalue weighted by Crippen LogP contribution is -2.21. The average molecular weight is 320 g/mol. The van der Waals surface area contributed by atoms with Gasteiger partial charge in [0, 0.05) is 24.6 Å². The van der Waals surface area contributed by atoms with E-state index in [1.54, 1.807) is 0 Å². The van der Waals surface area contributed by atoms with Crippen LogP contribution in [-0.2, 0) is 7.05 Å². The number of aryl methyl sites for hydroxylation is 1. The molecule has 0 saturated heterocycles. The highest BCUT2D eigenvalue weighted by molar-refractivity contribution is 5.89. The molecule has 7 heteroatoms. The van der Waals surface area contributed by atoms with Crippen molar-refractivity contribution in [2.75, 3.05) is 6.61 Å². The van der Waals surface area contributed by atoms with Crippen molar-refractivity contribution in [3.8, 4) is 11.5 Å². The van der Waals surface area contributed by atoms with E-state index >= 15 is 0 Å². The molecule has 0 aliphatic heterocycles. The SMILES string of the molecule is CCCC(C)COc1c(O)c2ccc([N+](=O)[O-])cc2n(C)c1=O. The Balaban J connectivity index is 2.50. The summed E-state index contributed by atoms with van der Waals surface area (Å²) in [7, 11) is 1.50. The fourth-order valence-electron chi connectivity index (χ4n) is 2.53. The Bertz CT molecular complexity index is 797. The molecular formula is C16H20N2O5.